The molecule has 126 valence electrons. The molecular weight excluding hydrogens is 395 g/mol. The lowest BCUT2D eigenvalue weighted by atomic mass is 10.1. The van der Waals surface area contributed by atoms with Crippen LogP contribution in [0.5, 0.6) is 0 Å². The number of pyridine rings is 1. The highest BCUT2D eigenvalue weighted by atomic mass is 79.9. The molecule has 0 aliphatic heterocycles. The first-order valence-electron chi connectivity index (χ1n) is 7.43. The van der Waals surface area contributed by atoms with Crippen LogP contribution >= 0.6 is 15.9 Å². The number of nitrogens with zero attached hydrogens (tertiary/aromatic N) is 3. The highest BCUT2D eigenvalue weighted by molar-refractivity contribution is 9.10. The smallest absolute Gasteiger partial charge is 0.326 e. The van der Waals surface area contributed by atoms with Gasteiger partial charge in [0.25, 0.3) is 0 Å². The predicted octanol–water partition coefficient (Wildman–Crippen LogP) is 5.57. The Morgan fingerprint density at radius 3 is 2.60 bits per heavy atom. The maximum atomic E-state index is 12.9. The highest BCUT2D eigenvalue weighted by Crippen LogP contribution is 2.36. The van der Waals surface area contributed by atoms with Crippen molar-refractivity contribution in [1.29, 1.82) is 0 Å². The molecule has 2 aromatic carbocycles. The molecule has 25 heavy (non-hydrogen) atoms. The van der Waals surface area contributed by atoms with E-state index in [-0.39, 0.29) is 5.52 Å². The Hall–Kier alpha value is -2.41. The number of imidazole rings is 1. The Balaban J connectivity index is 1.95. The van der Waals surface area contributed by atoms with E-state index in [2.05, 4.69) is 25.9 Å². The molecule has 3 nitrogen and oxygen atoms in total. The molecule has 0 saturated heterocycles. The second kappa shape index (κ2) is 5.56. The summed E-state index contributed by atoms with van der Waals surface area (Å²) in [6.45, 7) is 0. The largest absolute Gasteiger partial charge is 0.433 e. The molecule has 0 atom stereocenters. The molecule has 2 heterocycles. The van der Waals surface area contributed by atoms with Crippen LogP contribution in [0.2, 0.25) is 0 Å². The number of benzene rings is 2. The molecular formula is C18H11BrF3N3. The van der Waals surface area contributed by atoms with E-state index in [1.807, 2.05) is 36.4 Å². The van der Waals surface area contributed by atoms with Gasteiger partial charge in [0.1, 0.15) is 11.5 Å². The minimum absolute atomic E-state index is 0.264. The van der Waals surface area contributed by atoms with Gasteiger partial charge in [-0.1, -0.05) is 30.3 Å². The van der Waals surface area contributed by atoms with Crippen LogP contribution in [0.15, 0.2) is 53.1 Å². The van der Waals surface area contributed by atoms with Gasteiger partial charge in [0.05, 0.1) is 17.2 Å². The third-order valence-corrected chi connectivity index (χ3v) is 5.02. The summed E-state index contributed by atoms with van der Waals surface area (Å²) in [5.74, 6) is 0.578. The number of aryl methyl sites for hydroxylation is 1. The van der Waals surface area contributed by atoms with Gasteiger partial charge in [-0.15, -0.1) is 0 Å². The van der Waals surface area contributed by atoms with Crippen LogP contribution in [-0.2, 0) is 13.2 Å². The van der Waals surface area contributed by atoms with E-state index in [1.165, 1.54) is 6.20 Å². The van der Waals surface area contributed by atoms with Crippen molar-refractivity contribution in [1.82, 2.24) is 14.5 Å². The van der Waals surface area contributed by atoms with Crippen molar-refractivity contribution < 1.29 is 13.2 Å². The second-order valence-electron chi connectivity index (χ2n) is 5.70. The maximum Gasteiger partial charge on any atom is 0.433 e. The van der Waals surface area contributed by atoms with Crippen molar-refractivity contribution in [2.24, 2.45) is 7.05 Å². The minimum Gasteiger partial charge on any atom is -0.326 e. The Morgan fingerprint density at radius 1 is 1.08 bits per heavy atom. The number of alkyl halides is 3. The lowest BCUT2D eigenvalue weighted by Gasteiger charge is -2.08. The van der Waals surface area contributed by atoms with Crippen molar-refractivity contribution in [2.75, 3.05) is 0 Å². The summed E-state index contributed by atoms with van der Waals surface area (Å²) < 4.78 is 41.2. The summed E-state index contributed by atoms with van der Waals surface area (Å²) in [7, 11) is 1.77. The SMILES string of the molecule is Cn1c(-c2ccc3ccccc3c2Br)nc2cc(C(F)(F)F)ncc21. The van der Waals surface area contributed by atoms with Crippen molar-refractivity contribution in [3.8, 4) is 11.4 Å². The number of hydrogen-bond donors (Lipinski definition) is 0. The third kappa shape index (κ3) is 2.59. The van der Waals surface area contributed by atoms with Gasteiger partial charge in [-0.05, 0) is 38.8 Å². The van der Waals surface area contributed by atoms with Gasteiger partial charge in [-0.3, -0.25) is 0 Å². The highest BCUT2D eigenvalue weighted by Gasteiger charge is 2.33. The summed E-state index contributed by atoms with van der Waals surface area (Å²) in [4.78, 5) is 7.94. The topological polar surface area (TPSA) is 30.7 Å². The lowest BCUT2D eigenvalue weighted by Crippen LogP contribution is -2.07. The van der Waals surface area contributed by atoms with Crippen LogP contribution in [0, 0.1) is 0 Å². The Labute approximate surface area is 149 Å². The molecule has 7 heteroatoms. The van der Waals surface area contributed by atoms with E-state index < -0.39 is 11.9 Å². The summed E-state index contributed by atoms with van der Waals surface area (Å²) in [5.41, 5.74) is 0.677. The van der Waals surface area contributed by atoms with E-state index in [0.29, 0.717) is 11.3 Å². The quantitative estimate of drug-likeness (QED) is 0.414. The van der Waals surface area contributed by atoms with Gasteiger partial charge >= 0.3 is 6.18 Å². The summed E-state index contributed by atoms with van der Waals surface area (Å²) in [6, 6.07) is 12.7. The van der Waals surface area contributed by atoms with Gasteiger partial charge < -0.3 is 4.57 Å². The first-order chi connectivity index (χ1) is 11.9. The molecule has 4 aromatic rings. The molecule has 0 saturated carbocycles. The van der Waals surface area contributed by atoms with E-state index >= 15 is 0 Å². The molecule has 0 unspecified atom stereocenters. The Bertz CT molecular complexity index is 1120. The van der Waals surface area contributed by atoms with Gasteiger partial charge in [0, 0.05) is 17.1 Å². The van der Waals surface area contributed by atoms with Crippen LogP contribution in [0.3, 0.4) is 0 Å². The fourth-order valence-corrected chi connectivity index (χ4v) is 3.56. The average molecular weight is 406 g/mol. The zero-order valence-corrected chi connectivity index (χ0v) is 14.6. The van der Waals surface area contributed by atoms with E-state index in [9.17, 15) is 13.2 Å². The first kappa shape index (κ1) is 16.1. The Morgan fingerprint density at radius 2 is 1.84 bits per heavy atom. The van der Waals surface area contributed by atoms with Gasteiger partial charge in [-0.25, -0.2) is 9.97 Å². The zero-order valence-electron chi connectivity index (χ0n) is 13.0. The van der Waals surface area contributed by atoms with Crippen LogP contribution in [-0.4, -0.2) is 14.5 Å². The normalized spacial score (nSPS) is 12.2. The lowest BCUT2D eigenvalue weighted by molar-refractivity contribution is -0.141. The standard InChI is InChI=1S/C18H11BrF3N3/c1-25-14-9-23-15(18(20,21)22)8-13(14)24-17(25)12-7-6-10-4-2-3-5-11(10)16(12)19/h2-9H,1H3. The zero-order chi connectivity index (χ0) is 17.8. The van der Waals surface area contributed by atoms with Crippen molar-refractivity contribution in [3.63, 3.8) is 0 Å². The first-order valence-corrected chi connectivity index (χ1v) is 8.23. The molecule has 0 N–H and O–H groups in total. The number of rotatable bonds is 1. The van der Waals surface area contributed by atoms with Gasteiger partial charge in [0.2, 0.25) is 0 Å². The molecule has 0 aliphatic rings. The van der Waals surface area contributed by atoms with Crippen molar-refractivity contribution in [2.45, 2.75) is 6.18 Å². The molecule has 4 rings (SSSR count). The molecule has 0 amide bonds. The van der Waals surface area contributed by atoms with Crippen LogP contribution in [0.1, 0.15) is 5.69 Å². The predicted molar refractivity (Wildman–Crippen MR) is 94.2 cm³/mol. The number of aromatic nitrogens is 3. The van der Waals surface area contributed by atoms with Crippen LogP contribution in [0.4, 0.5) is 13.2 Å². The molecule has 0 radical (unpaired) electrons. The van der Waals surface area contributed by atoms with E-state index in [1.54, 1.807) is 11.6 Å². The number of halogens is 4. The summed E-state index contributed by atoms with van der Waals surface area (Å²) >= 11 is 3.61. The fourth-order valence-electron chi connectivity index (χ4n) is 2.89. The maximum absolute atomic E-state index is 12.9. The second-order valence-corrected chi connectivity index (χ2v) is 6.49. The van der Waals surface area contributed by atoms with Crippen LogP contribution < -0.4 is 0 Å². The minimum atomic E-state index is -4.49. The fraction of sp³-hybridized carbons (Fsp3) is 0.111. The summed E-state index contributed by atoms with van der Waals surface area (Å²) in [6.07, 6.45) is -3.28. The molecule has 0 aliphatic carbocycles. The van der Waals surface area contributed by atoms with E-state index in [0.717, 1.165) is 26.9 Å². The molecule has 0 bridgehead atoms. The summed E-state index contributed by atoms with van der Waals surface area (Å²) in [5, 5.41) is 2.08. The molecule has 0 spiro atoms. The van der Waals surface area contributed by atoms with E-state index in [4.69, 9.17) is 0 Å². The van der Waals surface area contributed by atoms with Crippen molar-refractivity contribution in [3.05, 3.63) is 58.8 Å². The molecule has 0 fully saturated rings. The van der Waals surface area contributed by atoms with Gasteiger partial charge in [-0.2, -0.15) is 13.2 Å². The average Bonchev–Trinajstić information content (AvgIpc) is 2.91. The van der Waals surface area contributed by atoms with Gasteiger partial charge in [0.15, 0.2) is 0 Å². The Kier molecular flexibility index (Phi) is 3.57. The number of fused-ring (bicyclic) bond motifs is 2. The monoisotopic (exact) mass is 405 g/mol. The van der Waals surface area contributed by atoms with Crippen molar-refractivity contribution >= 4 is 37.7 Å². The van der Waals surface area contributed by atoms with Crippen LogP contribution in [0.25, 0.3) is 33.2 Å². The molecule has 2 aromatic heterocycles. The third-order valence-electron chi connectivity index (χ3n) is 4.16. The number of hydrogen-bond acceptors (Lipinski definition) is 2.